The van der Waals surface area contributed by atoms with Crippen molar-refractivity contribution in [3.63, 3.8) is 0 Å². The molecule has 2 aromatic rings. The van der Waals surface area contributed by atoms with Crippen LogP contribution >= 0.6 is 0 Å². The molecule has 3 nitrogen and oxygen atoms in total. The molecule has 1 aliphatic rings. The molecule has 26 heavy (non-hydrogen) atoms. The zero-order valence-corrected chi connectivity index (χ0v) is 16.3. The summed E-state index contributed by atoms with van der Waals surface area (Å²) in [5, 5.41) is 3.77. The van der Waals surface area contributed by atoms with Gasteiger partial charge in [-0.1, -0.05) is 67.3 Å². The van der Waals surface area contributed by atoms with Crippen molar-refractivity contribution in [1.29, 1.82) is 0 Å². The third kappa shape index (κ3) is 6.15. The van der Waals surface area contributed by atoms with E-state index in [1.165, 1.54) is 43.2 Å². The Labute approximate surface area is 159 Å². The first-order valence-corrected chi connectivity index (χ1v) is 9.81. The Morgan fingerprint density at radius 2 is 1.73 bits per heavy atom. The topological polar surface area (TPSA) is 47.3 Å². The molecule has 0 bridgehead atoms. The lowest BCUT2D eigenvalue weighted by Crippen LogP contribution is -2.44. The second-order valence-electron chi connectivity index (χ2n) is 7.10. The molecule has 0 heterocycles. The average molecular weight is 355 g/mol. The highest BCUT2D eigenvalue weighted by molar-refractivity contribution is 5.34. The molecule has 1 saturated carbocycles. The highest BCUT2D eigenvalue weighted by Gasteiger charge is 2.33. The van der Waals surface area contributed by atoms with Crippen LogP contribution in [-0.2, 0) is 5.54 Å². The van der Waals surface area contributed by atoms with E-state index in [-0.39, 0.29) is 5.54 Å². The van der Waals surface area contributed by atoms with Gasteiger partial charge in [0.25, 0.3) is 0 Å². The van der Waals surface area contributed by atoms with Gasteiger partial charge >= 0.3 is 0 Å². The lowest BCUT2D eigenvalue weighted by molar-refractivity contribution is 0.233. The normalized spacial score (nSPS) is 15.7. The van der Waals surface area contributed by atoms with Crippen LogP contribution in [0.2, 0.25) is 0 Å². The Balaban J connectivity index is 0.000000290. The number of ether oxygens (including phenoxy) is 1. The smallest absolute Gasteiger partial charge is 0.119 e. The number of rotatable bonds is 6. The van der Waals surface area contributed by atoms with Crippen LogP contribution in [-0.4, -0.2) is 20.2 Å². The fraction of sp³-hybridized carbons (Fsp3) is 0.478. The van der Waals surface area contributed by atoms with Gasteiger partial charge in [0.2, 0.25) is 0 Å². The zero-order valence-electron chi connectivity index (χ0n) is 16.3. The van der Waals surface area contributed by atoms with Crippen molar-refractivity contribution in [2.24, 2.45) is 5.73 Å². The third-order valence-corrected chi connectivity index (χ3v) is 5.11. The summed E-state index contributed by atoms with van der Waals surface area (Å²) in [7, 11) is 1.73. The van der Waals surface area contributed by atoms with Gasteiger partial charge in [-0.3, -0.25) is 0 Å². The Kier molecular flexibility index (Phi) is 8.66. The van der Waals surface area contributed by atoms with Crippen molar-refractivity contribution < 1.29 is 4.74 Å². The first-order valence-electron chi connectivity index (χ1n) is 9.81. The molecule has 1 fully saturated rings. The van der Waals surface area contributed by atoms with Crippen LogP contribution in [0, 0.1) is 6.92 Å². The summed E-state index contributed by atoms with van der Waals surface area (Å²) in [6.45, 7) is 3.83. The van der Waals surface area contributed by atoms with E-state index in [0.717, 1.165) is 25.3 Å². The molecule has 3 heteroatoms. The molecule has 2 aromatic carbocycles. The molecular weight excluding hydrogens is 320 g/mol. The molecule has 3 N–H and O–H groups in total. The monoisotopic (exact) mass is 354 g/mol. The van der Waals surface area contributed by atoms with E-state index in [2.05, 4.69) is 42.6 Å². The number of hydrogen-bond donors (Lipinski definition) is 2. The summed E-state index contributed by atoms with van der Waals surface area (Å²) in [4.78, 5) is 0. The SMILES string of the molecule is COc1cccc(C2(NCCCN)CCCCC2)c1.Cc1ccccc1. The minimum atomic E-state index is 0.127. The van der Waals surface area contributed by atoms with E-state index in [1.54, 1.807) is 7.11 Å². The van der Waals surface area contributed by atoms with Gasteiger partial charge in [0, 0.05) is 5.54 Å². The molecule has 0 atom stereocenters. The maximum atomic E-state index is 5.61. The number of hydrogen-bond acceptors (Lipinski definition) is 3. The minimum absolute atomic E-state index is 0.127. The largest absolute Gasteiger partial charge is 0.497 e. The van der Waals surface area contributed by atoms with Crippen LogP contribution in [0.5, 0.6) is 5.75 Å². The van der Waals surface area contributed by atoms with Gasteiger partial charge in [0.05, 0.1) is 7.11 Å². The van der Waals surface area contributed by atoms with Crippen molar-refractivity contribution >= 4 is 0 Å². The molecule has 0 aromatic heterocycles. The predicted octanol–water partition coefficient (Wildman–Crippen LogP) is 4.79. The zero-order chi connectivity index (χ0) is 18.7. The van der Waals surface area contributed by atoms with E-state index in [1.807, 2.05) is 24.3 Å². The Morgan fingerprint density at radius 3 is 2.31 bits per heavy atom. The van der Waals surface area contributed by atoms with Crippen LogP contribution in [0.25, 0.3) is 0 Å². The summed E-state index contributed by atoms with van der Waals surface area (Å²) in [5.41, 5.74) is 8.42. The summed E-state index contributed by atoms with van der Waals surface area (Å²) >= 11 is 0. The van der Waals surface area contributed by atoms with Crippen molar-refractivity contribution in [2.45, 2.75) is 51.0 Å². The van der Waals surface area contributed by atoms with E-state index >= 15 is 0 Å². The van der Waals surface area contributed by atoms with Crippen molar-refractivity contribution in [3.8, 4) is 5.75 Å². The molecule has 0 saturated heterocycles. The quantitative estimate of drug-likeness (QED) is 0.733. The standard InChI is InChI=1S/C16H26N2O.C7H8/c1-19-15-8-5-7-14(13-15)16(18-12-6-11-17)9-3-2-4-10-16;1-7-5-3-2-4-6-7/h5,7-8,13,18H,2-4,6,9-12,17H2,1H3;2-6H,1H3. The number of methoxy groups -OCH3 is 1. The van der Waals surface area contributed by atoms with Crippen LogP contribution in [0.1, 0.15) is 49.7 Å². The Hall–Kier alpha value is -1.84. The maximum Gasteiger partial charge on any atom is 0.119 e. The molecule has 0 aliphatic heterocycles. The van der Waals surface area contributed by atoms with Gasteiger partial charge in [0.1, 0.15) is 5.75 Å². The van der Waals surface area contributed by atoms with E-state index in [0.29, 0.717) is 0 Å². The molecule has 0 spiro atoms. The van der Waals surface area contributed by atoms with Crippen molar-refractivity contribution in [1.82, 2.24) is 5.32 Å². The molecule has 3 rings (SSSR count). The van der Waals surface area contributed by atoms with Crippen molar-refractivity contribution in [2.75, 3.05) is 20.2 Å². The maximum absolute atomic E-state index is 5.61. The highest BCUT2D eigenvalue weighted by Crippen LogP contribution is 2.38. The first-order chi connectivity index (χ1) is 12.7. The second kappa shape index (κ2) is 11.0. The molecular formula is C23H34N2O. The highest BCUT2D eigenvalue weighted by atomic mass is 16.5. The molecule has 142 valence electrons. The van der Waals surface area contributed by atoms with Gasteiger partial charge in [0.15, 0.2) is 0 Å². The molecule has 1 aliphatic carbocycles. The third-order valence-electron chi connectivity index (χ3n) is 5.11. The average Bonchev–Trinajstić information content (AvgIpc) is 2.70. The summed E-state index contributed by atoms with van der Waals surface area (Å²) in [6.07, 6.45) is 7.41. The van der Waals surface area contributed by atoms with E-state index < -0.39 is 0 Å². The summed E-state index contributed by atoms with van der Waals surface area (Å²) < 4.78 is 5.37. The Morgan fingerprint density at radius 1 is 1.00 bits per heavy atom. The summed E-state index contributed by atoms with van der Waals surface area (Å²) in [6, 6.07) is 18.8. The van der Waals surface area contributed by atoms with Crippen LogP contribution < -0.4 is 15.8 Å². The number of nitrogens with one attached hydrogen (secondary N) is 1. The Bertz CT molecular complexity index is 621. The van der Waals surface area contributed by atoms with Gasteiger partial charge in [-0.25, -0.2) is 0 Å². The van der Waals surface area contributed by atoms with Gasteiger partial charge in [-0.15, -0.1) is 0 Å². The number of aryl methyl sites for hydroxylation is 1. The van der Waals surface area contributed by atoms with E-state index in [9.17, 15) is 0 Å². The van der Waals surface area contributed by atoms with Crippen LogP contribution in [0.4, 0.5) is 0 Å². The molecule has 0 amide bonds. The van der Waals surface area contributed by atoms with Crippen LogP contribution in [0.3, 0.4) is 0 Å². The first kappa shape index (κ1) is 20.5. The fourth-order valence-corrected chi connectivity index (χ4v) is 3.61. The van der Waals surface area contributed by atoms with E-state index in [4.69, 9.17) is 10.5 Å². The van der Waals surface area contributed by atoms with Gasteiger partial charge in [-0.2, -0.15) is 0 Å². The second-order valence-corrected chi connectivity index (χ2v) is 7.10. The number of benzene rings is 2. The minimum Gasteiger partial charge on any atom is -0.497 e. The molecule has 0 unspecified atom stereocenters. The lowest BCUT2D eigenvalue weighted by Gasteiger charge is -2.39. The molecule has 0 radical (unpaired) electrons. The number of nitrogens with two attached hydrogens (primary N) is 1. The van der Waals surface area contributed by atoms with Gasteiger partial charge < -0.3 is 15.8 Å². The summed E-state index contributed by atoms with van der Waals surface area (Å²) in [5.74, 6) is 0.947. The fourth-order valence-electron chi connectivity index (χ4n) is 3.61. The van der Waals surface area contributed by atoms with Crippen molar-refractivity contribution in [3.05, 3.63) is 65.7 Å². The van der Waals surface area contributed by atoms with Crippen LogP contribution in [0.15, 0.2) is 54.6 Å². The lowest BCUT2D eigenvalue weighted by atomic mass is 9.76. The van der Waals surface area contributed by atoms with Gasteiger partial charge in [-0.05, 0) is 57.0 Å². The predicted molar refractivity (Wildman–Crippen MR) is 111 cm³/mol.